The van der Waals surface area contributed by atoms with E-state index in [1.54, 1.807) is 27.0 Å². The van der Waals surface area contributed by atoms with Gasteiger partial charge in [0, 0.05) is 17.1 Å². The third-order valence-corrected chi connectivity index (χ3v) is 3.47. The SMILES string of the molecule is CCOC(=O)C(C(=O)OCC)=C(Cc1ncc(Br)cc1C)OCC. The zero-order chi connectivity index (χ0) is 18.1. The molecule has 0 saturated heterocycles. The maximum absolute atomic E-state index is 12.2. The molecule has 1 aromatic rings. The number of ether oxygens (including phenoxy) is 3. The smallest absolute Gasteiger partial charge is 0.349 e. The highest BCUT2D eigenvalue weighted by Gasteiger charge is 2.28. The molecule has 1 rings (SSSR count). The Morgan fingerprint density at radius 2 is 1.58 bits per heavy atom. The van der Waals surface area contributed by atoms with Crippen molar-refractivity contribution >= 4 is 27.9 Å². The van der Waals surface area contributed by atoms with Crippen LogP contribution in [0.2, 0.25) is 0 Å². The van der Waals surface area contributed by atoms with Gasteiger partial charge in [0.15, 0.2) is 5.57 Å². The van der Waals surface area contributed by atoms with Crippen LogP contribution in [-0.2, 0) is 30.2 Å². The lowest BCUT2D eigenvalue weighted by molar-refractivity contribution is -0.147. The van der Waals surface area contributed by atoms with Crippen molar-refractivity contribution in [1.82, 2.24) is 4.98 Å². The second-order valence-electron chi connectivity index (χ2n) is 4.77. The molecule has 7 heteroatoms. The van der Waals surface area contributed by atoms with Gasteiger partial charge in [-0.25, -0.2) is 9.59 Å². The number of hydrogen-bond donors (Lipinski definition) is 0. The average molecular weight is 400 g/mol. The Kier molecular flexibility index (Phi) is 8.46. The van der Waals surface area contributed by atoms with E-state index in [0.29, 0.717) is 12.3 Å². The Bertz CT molecular complexity index is 607. The molecular formula is C17H22BrNO5. The molecule has 0 unspecified atom stereocenters. The van der Waals surface area contributed by atoms with Gasteiger partial charge in [-0.05, 0) is 55.3 Å². The van der Waals surface area contributed by atoms with E-state index in [1.807, 2.05) is 13.0 Å². The van der Waals surface area contributed by atoms with Crippen LogP contribution in [0.15, 0.2) is 28.1 Å². The van der Waals surface area contributed by atoms with Gasteiger partial charge in [-0.3, -0.25) is 4.98 Å². The first-order chi connectivity index (χ1) is 11.4. The van der Waals surface area contributed by atoms with E-state index < -0.39 is 11.9 Å². The largest absolute Gasteiger partial charge is 0.497 e. The van der Waals surface area contributed by atoms with E-state index in [0.717, 1.165) is 10.0 Å². The molecule has 0 spiro atoms. The van der Waals surface area contributed by atoms with Gasteiger partial charge in [0.1, 0.15) is 5.76 Å². The fourth-order valence-electron chi connectivity index (χ4n) is 2.01. The minimum Gasteiger partial charge on any atom is -0.497 e. The number of nitrogens with zero attached hydrogens (tertiary/aromatic N) is 1. The summed E-state index contributed by atoms with van der Waals surface area (Å²) in [5, 5.41) is 0. The molecule has 0 N–H and O–H groups in total. The third-order valence-electron chi connectivity index (χ3n) is 3.04. The summed E-state index contributed by atoms with van der Waals surface area (Å²) in [7, 11) is 0. The second-order valence-corrected chi connectivity index (χ2v) is 5.68. The van der Waals surface area contributed by atoms with Crippen LogP contribution in [0.25, 0.3) is 0 Å². The van der Waals surface area contributed by atoms with E-state index >= 15 is 0 Å². The van der Waals surface area contributed by atoms with Gasteiger partial charge in [0.05, 0.1) is 25.5 Å². The van der Waals surface area contributed by atoms with Gasteiger partial charge >= 0.3 is 11.9 Å². The molecule has 6 nitrogen and oxygen atoms in total. The molecule has 0 aromatic carbocycles. The van der Waals surface area contributed by atoms with Crippen molar-refractivity contribution in [1.29, 1.82) is 0 Å². The van der Waals surface area contributed by atoms with Crippen molar-refractivity contribution in [2.24, 2.45) is 0 Å². The third kappa shape index (κ3) is 5.63. The van der Waals surface area contributed by atoms with Gasteiger partial charge in [-0.1, -0.05) is 0 Å². The number of carbonyl (C=O) groups is 2. The molecule has 1 aromatic heterocycles. The molecule has 0 bridgehead atoms. The van der Waals surface area contributed by atoms with Crippen molar-refractivity contribution in [3.63, 3.8) is 0 Å². The Morgan fingerprint density at radius 3 is 2.04 bits per heavy atom. The lowest BCUT2D eigenvalue weighted by Gasteiger charge is -2.15. The maximum Gasteiger partial charge on any atom is 0.349 e. The molecular weight excluding hydrogens is 378 g/mol. The molecule has 24 heavy (non-hydrogen) atoms. The van der Waals surface area contributed by atoms with Crippen molar-refractivity contribution < 1.29 is 23.8 Å². The highest BCUT2D eigenvalue weighted by molar-refractivity contribution is 9.10. The average Bonchev–Trinajstić information content (AvgIpc) is 2.51. The summed E-state index contributed by atoms with van der Waals surface area (Å²) in [6, 6.07) is 1.90. The number of halogens is 1. The van der Waals surface area contributed by atoms with Crippen molar-refractivity contribution in [2.45, 2.75) is 34.1 Å². The van der Waals surface area contributed by atoms with Crippen LogP contribution in [0.1, 0.15) is 32.0 Å². The molecule has 0 saturated carbocycles. The quantitative estimate of drug-likeness (QED) is 0.220. The van der Waals surface area contributed by atoms with Crippen molar-refractivity contribution in [3.8, 4) is 0 Å². The van der Waals surface area contributed by atoms with Crippen LogP contribution in [-0.4, -0.2) is 36.7 Å². The summed E-state index contributed by atoms with van der Waals surface area (Å²) in [6.07, 6.45) is 1.85. The van der Waals surface area contributed by atoms with Crippen LogP contribution >= 0.6 is 15.9 Å². The number of aromatic nitrogens is 1. The summed E-state index contributed by atoms with van der Waals surface area (Å²) in [5.74, 6) is -1.31. The van der Waals surface area contributed by atoms with E-state index in [9.17, 15) is 9.59 Å². The van der Waals surface area contributed by atoms with Crippen LogP contribution in [0, 0.1) is 6.92 Å². The van der Waals surface area contributed by atoms with Crippen LogP contribution in [0.5, 0.6) is 0 Å². The Hall–Kier alpha value is -1.89. The fourth-order valence-corrected chi connectivity index (χ4v) is 2.46. The number of hydrogen-bond acceptors (Lipinski definition) is 6. The molecule has 0 aliphatic carbocycles. The summed E-state index contributed by atoms with van der Waals surface area (Å²) >= 11 is 3.36. The zero-order valence-corrected chi connectivity index (χ0v) is 15.9. The number of aryl methyl sites for hydroxylation is 1. The molecule has 0 aliphatic heterocycles. The minimum atomic E-state index is -0.755. The maximum atomic E-state index is 12.2. The van der Waals surface area contributed by atoms with E-state index in [4.69, 9.17) is 14.2 Å². The van der Waals surface area contributed by atoms with Gasteiger partial charge in [0.2, 0.25) is 0 Å². The van der Waals surface area contributed by atoms with Gasteiger partial charge in [-0.15, -0.1) is 0 Å². The number of allylic oxidation sites excluding steroid dienone is 1. The van der Waals surface area contributed by atoms with Crippen molar-refractivity contribution in [2.75, 3.05) is 19.8 Å². The highest BCUT2D eigenvalue weighted by Crippen LogP contribution is 2.20. The normalized spacial score (nSPS) is 10.0. The van der Waals surface area contributed by atoms with Crippen LogP contribution < -0.4 is 0 Å². The minimum absolute atomic E-state index is 0.150. The predicted octanol–water partition coefficient (Wildman–Crippen LogP) is 3.11. The first-order valence-electron chi connectivity index (χ1n) is 7.75. The number of esters is 2. The Labute approximate surface area is 150 Å². The number of pyridine rings is 1. The van der Waals surface area contributed by atoms with Gasteiger partial charge in [0.25, 0.3) is 0 Å². The molecule has 0 amide bonds. The number of rotatable bonds is 8. The summed E-state index contributed by atoms with van der Waals surface area (Å²) in [4.78, 5) is 28.8. The summed E-state index contributed by atoms with van der Waals surface area (Å²) < 4.78 is 16.4. The predicted molar refractivity (Wildman–Crippen MR) is 92.3 cm³/mol. The molecule has 0 fully saturated rings. The molecule has 0 aliphatic rings. The topological polar surface area (TPSA) is 74.7 Å². The Balaban J connectivity index is 3.31. The first-order valence-corrected chi connectivity index (χ1v) is 8.54. The van der Waals surface area contributed by atoms with Crippen LogP contribution in [0.4, 0.5) is 0 Å². The lowest BCUT2D eigenvalue weighted by Crippen LogP contribution is -2.22. The van der Waals surface area contributed by atoms with Gasteiger partial charge < -0.3 is 14.2 Å². The van der Waals surface area contributed by atoms with E-state index in [2.05, 4.69) is 20.9 Å². The fraction of sp³-hybridized carbons (Fsp3) is 0.471. The van der Waals surface area contributed by atoms with Crippen molar-refractivity contribution in [3.05, 3.63) is 39.3 Å². The summed E-state index contributed by atoms with van der Waals surface area (Å²) in [5.41, 5.74) is 1.39. The van der Waals surface area contributed by atoms with Crippen LogP contribution in [0.3, 0.4) is 0 Å². The molecule has 132 valence electrons. The monoisotopic (exact) mass is 399 g/mol. The molecule has 0 radical (unpaired) electrons. The first kappa shape index (κ1) is 20.2. The Morgan fingerprint density at radius 1 is 1.04 bits per heavy atom. The van der Waals surface area contributed by atoms with E-state index in [1.165, 1.54) is 0 Å². The van der Waals surface area contributed by atoms with E-state index in [-0.39, 0.29) is 31.0 Å². The second kappa shape index (κ2) is 10.1. The lowest BCUT2D eigenvalue weighted by atomic mass is 10.1. The standard InChI is InChI=1S/C17H22BrNO5/c1-5-22-14(9-13-11(4)8-12(18)10-19-13)15(16(20)23-6-2)17(21)24-7-3/h8,10H,5-7,9H2,1-4H3. The number of carbonyl (C=O) groups excluding carboxylic acids is 2. The zero-order valence-electron chi connectivity index (χ0n) is 14.3. The summed E-state index contributed by atoms with van der Waals surface area (Å²) in [6.45, 7) is 7.60. The van der Waals surface area contributed by atoms with Gasteiger partial charge in [-0.2, -0.15) is 0 Å². The highest BCUT2D eigenvalue weighted by atomic mass is 79.9. The molecule has 1 heterocycles. The molecule has 0 atom stereocenters.